The number of carbonyl (C=O) groups is 1. The number of thioether (sulfide) groups is 1. The molecule has 1 aliphatic heterocycles. The van der Waals surface area contributed by atoms with E-state index in [9.17, 15) is 24.8 Å². The molecule has 1 aromatic carbocycles. The zero-order chi connectivity index (χ0) is 18.5. The minimum absolute atomic E-state index is 0.0179. The molecule has 2 unspecified atom stereocenters. The lowest BCUT2D eigenvalue weighted by Crippen LogP contribution is -2.43. The Kier molecular flexibility index (Phi) is 4.26. The number of benzene rings is 1. The van der Waals surface area contributed by atoms with E-state index in [1.807, 2.05) is 0 Å². The molecule has 2 atom stereocenters. The number of fused-ring (bicyclic) bond motifs is 1. The van der Waals surface area contributed by atoms with Gasteiger partial charge < -0.3 is 9.52 Å². The molecule has 0 spiro atoms. The summed E-state index contributed by atoms with van der Waals surface area (Å²) in [5.74, 6) is -1.02. The highest BCUT2D eigenvalue weighted by Crippen LogP contribution is 2.45. The third-order valence-electron chi connectivity index (χ3n) is 4.01. The van der Waals surface area contributed by atoms with Gasteiger partial charge in [-0.05, 0) is 19.9 Å². The average molecular weight is 385 g/mol. The highest BCUT2D eigenvalue weighted by Gasteiger charge is 2.46. The zero-order valence-electron chi connectivity index (χ0n) is 13.1. The molecular formula is C15H13ClN2O6S. The highest BCUT2D eigenvalue weighted by molar-refractivity contribution is 8.01. The Balaban J connectivity index is 2.14. The Hall–Kier alpha value is -2.10. The van der Waals surface area contributed by atoms with E-state index in [-0.39, 0.29) is 21.6 Å². The molecule has 1 fully saturated rings. The molecular weight excluding hydrogens is 372 g/mol. The molecule has 2 N–H and O–H groups in total. The van der Waals surface area contributed by atoms with Gasteiger partial charge in [0.15, 0.2) is 5.43 Å². The molecule has 1 aliphatic rings. The minimum atomic E-state index is -1.02. The monoisotopic (exact) mass is 384 g/mol. The van der Waals surface area contributed by atoms with Crippen LogP contribution in [0.3, 0.4) is 0 Å². The largest absolute Gasteiger partial charge is 0.480 e. The molecule has 2 aromatic rings. The summed E-state index contributed by atoms with van der Waals surface area (Å²) in [5, 5.41) is 22.7. The van der Waals surface area contributed by atoms with Crippen LogP contribution < -0.4 is 10.7 Å². The lowest BCUT2D eigenvalue weighted by molar-refractivity contribution is -0.383. The SMILES string of the molecule is CC1(C)SC(c2coc3c([N+](=O)[O-])cc(Cl)cc3c2=O)NC1C(=O)O. The van der Waals surface area contributed by atoms with Crippen molar-refractivity contribution in [3.05, 3.63) is 49.3 Å². The van der Waals surface area contributed by atoms with Gasteiger partial charge >= 0.3 is 11.7 Å². The Morgan fingerprint density at radius 3 is 2.72 bits per heavy atom. The van der Waals surface area contributed by atoms with E-state index >= 15 is 0 Å². The molecule has 0 saturated carbocycles. The van der Waals surface area contributed by atoms with Crippen molar-refractivity contribution in [2.24, 2.45) is 0 Å². The van der Waals surface area contributed by atoms with Crippen LogP contribution >= 0.6 is 23.4 Å². The van der Waals surface area contributed by atoms with E-state index < -0.39 is 38.2 Å². The van der Waals surface area contributed by atoms with Crippen LogP contribution in [0.2, 0.25) is 5.02 Å². The number of nitrogens with one attached hydrogen (secondary N) is 1. The van der Waals surface area contributed by atoms with Gasteiger partial charge in [0.05, 0.1) is 21.2 Å². The fourth-order valence-corrected chi connectivity index (χ4v) is 4.42. The van der Waals surface area contributed by atoms with E-state index in [4.69, 9.17) is 16.0 Å². The van der Waals surface area contributed by atoms with Gasteiger partial charge in [-0.15, -0.1) is 11.8 Å². The molecule has 3 rings (SSSR count). The number of non-ortho nitro benzene ring substituents is 1. The number of nitro groups is 1. The first kappa shape index (κ1) is 17.7. The molecule has 0 radical (unpaired) electrons. The molecule has 1 aromatic heterocycles. The van der Waals surface area contributed by atoms with Crippen LogP contribution in [-0.2, 0) is 4.79 Å². The van der Waals surface area contributed by atoms with Gasteiger partial charge in [-0.25, -0.2) is 0 Å². The van der Waals surface area contributed by atoms with Gasteiger partial charge in [-0.2, -0.15) is 0 Å². The predicted molar refractivity (Wildman–Crippen MR) is 93.1 cm³/mol. The van der Waals surface area contributed by atoms with Crippen LogP contribution in [0.4, 0.5) is 5.69 Å². The van der Waals surface area contributed by atoms with Gasteiger partial charge in [0.2, 0.25) is 5.58 Å². The first-order valence-corrected chi connectivity index (χ1v) is 8.43. The average Bonchev–Trinajstić information content (AvgIpc) is 2.83. The third-order valence-corrected chi connectivity index (χ3v) is 5.69. The van der Waals surface area contributed by atoms with Gasteiger partial charge in [0.1, 0.15) is 12.3 Å². The second-order valence-corrected chi connectivity index (χ2v) is 8.31. The quantitative estimate of drug-likeness (QED) is 0.611. The van der Waals surface area contributed by atoms with Crippen LogP contribution in [0.5, 0.6) is 0 Å². The Morgan fingerprint density at radius 1 is 1.48 bits per heavy atom. The maximum atomic E-state index is 12.8. The van der Waals surface area contributed by atoms with Crippen LogP contribution in [0, 0.1) is 10.1 Å². The maximum Gasteiger partial charge on any atom is 0.322 e. The van der Waals surface area contributed by atoms with Crippen molar-refractivity contribution in [3.8, 4) is 0 Å². The van der Waals surface area contributed by atoms with E-state index in [1.165, 1.54) is 17.8 Å². The zero-order valence-corrected chi connectivity index (χ0v) is 14.7. The number of aliphatic carboxylic acids is 1. The normalized spacial score (nSPS) is 22.2. The number of hydrogen-bond acceptors (Lipinski definition) is 7. The summed E-state index contributed by atoms with van der Waals surface area (Å²) in [6.45, 7) is 3.52. The summed E-state index contributed by atoms with van der Waals surface area (Å²) in [7, 11) is 0. The summed E-state index contributed by atoms with van der Waals surface area (Å²) in [6.07, 6.45) is 1.14. The number of carboxylic acids is 1. The predicted octanol–water partition coefficient (Wildman–Crippen LogP) is 2.92. The van der Waals surface area contributed by atoms with Crippen molar-refractivity contribution < 1.29 is 19.2 Å². The van der Waals surface area contributed by atoms with Gasteiger partial charge in [0, 0.05) is 15.8 Å². The van der Waals surface area contributed by atoms with Crippen LogP contribution in [0.1, 0.15) is 24.8 Å². The Bertz CT molecular complexity index is 957. The van der Waals surface area contributed by atoms with Crippen LogP contribution in [0.25, 0.3) is 11.0 Å². The van der Waals surface area contributed by atoms with E-state index in [0.29, 0.717) is 0 Å². The summed E-state index contributed by atoms with van der Waals surface area (Å²) >= 11 is 7.15. The molecule has 1 saturated heterocycles. The molecule has 132 valence electrons. The summed E-state index contributed by atoms with van der Waals surface area (Å²) < 4.78 is 4.69. The second kappa shape index (κ2) is 6.01. The first-order chi connectivity index (χ1) is 11.6. The Morgan fingerprint density at radius 2 is 2.16 bits per heavy atom. The first-order valence-electron chi connectivity index (χ1n) is 7.18. The number of carboxylic acid groups (broad SMARTS) is 1. The number of halogens is 1. The lowest BCUT2D eigenvalue weighted by Gasteiger charge is -2.20. The van der Waals surface area contributed by atoms with Crippen molar-refractivity contribution in [2.75, 3.05) is 0 Å². The molecule has 10 heteroatoms. The fraction of sp³-hybridized carbons (Fsp3) is 0.333. The standard InChI is InChI=1S/C15H13ClN2O6S/c1-15(2)12(14(20)21)17-13(25-15)8-5-24-11-7(10(8)19)3-6(16)4-9(11)18(22)23/h3-5,12-13,17H,1-2H3,(H,20,21). The summed E-state index contributed by atoms with van der Waals surface area (Å²) in [6, 6.07) is 1.56. The molecule has 0 aliphatic carbocycles. The van der Waals surface area contributed by atoms with Gasteiger partial charge in [-0.1, -0.05) is 11.6 Å². The van der Waals surface area contributed by atoms with Crippen molar-refractivity contribution in [1.29, 1.82) is 0 Å². The molecule has 0 bridgehead atoms. The smallest absolute Gasteiger partial charge is 0.322 e. The highest BCUT2D eigenvalue weighted by atomic mass is 35.5. The minimum Gasteiger partial charge on any atom is -0.480 e. The van der Waals surface area contributed by atoms with Crippen molar-refractivity contribution in [2.45, 2.75) is 30.0 Å². The van der Waals surface area contributed by atoms with Crippen molar-refractivity contribution in [1.82, 2.24) is 5.32 Å². The molecule has 2 heterocycles. The van der Waals surface area contributed by atoms with Crippen LogP contribution in [0.15, 0.2) is 27.6 Å². The van der Waals surface area contributed by atoms with E-state index in [1.54, 1.807) is 13.8 Å². The van der Waals surface area contributed by atoms with Gasteiger partial charge in [-0.3, -0.25) is 25.0 Å². The molecule has 8 nitrogen and oxygen atoms in total. The number of hydrogen-bond donors (Lipinski definition) is 2. The maximum absolute atomic E-state index is 12.8. The summed E-state index contributed by atoms with van der Waals surface area (Å²) in [5.41, 5.74) is -0.869. The molecule has 0 amide bonds. The second-order valence-electron chi connectivity index (χ2n) is 6.12. The fourth-order valence-electron chi connectivity index (χ4n) is 2.80. The van der Waals surface area contributed by atoms with Gasteiger partial charge in [0.25, 0.3) is 0 Å². The summed E-state index contributed by atoms with van der Waals surface area (Å²) in [4.78, 5) is 34.6. The van der Waals surface area contributed by atoms with Crippen molar-refractivity contribution >= 4 is 46.0 Å². The Labute approximate surface area is 150 Å². The van der Waals surface area contributed by atoms with E-state index in [2.05, 4.69) is 5.32 Å². The lowest BCUT2D eigenvalue weighted by atomic mass is 10.0. The van der Waals surface area contributed by atoms with Crippen molar-refractivity contribution in [3.63, 3.8) is 0 Å². The topological polar surface area (TPSA) is 123 Å². The number of nitro benzene ring substituents is 1. The van der Waals surface area contributed by atoms with Crippen LogP contribution in [-0.4, -0.2) is 26.8 Å². The van der Waals surface area contributed by atoms with E-state index in [0.717, 1.165) is 12.3 Å². The number of rotatable bonds is 3. The molecule has 25 heavy (non-hydrogen) atoms. The number of nitrogens with zero attached hydrogens (tertiary/aromatic N) is 1. The third kappa shape index (κ3) is 2.99.